The topological polar surface area (TPSA) is 121 Å². The molecule has 0 aliphatic heterocycles. The molecule has 0 bridgehead atoms. The van der Waals surface area contributed by atoms with Crippen LogP contribution in [0.2, 0.25) is 0 Å². The Morgan fingerprint density at radius 2 is 2.03 bits per heavy atom. The third-order valence-electron chi connectivity index (χ3n) is 4.14. The maximum Gasteiger partial charge on any atom is 0.357 e. The summed E-state index contributed by atoms with van der Waals surface area (Å²) in [6.07, 6.45) is 0.685. The number of nitrogens with zero attached hydrogens (tertiary/aromatic N) is 2. The van der Waals surface area contributed by atoms with Gasteiger partial charge in [0, 0.05) is 16.0 Å². The molecule has 2 aromatic heterocycles. The number of nitrogens with one attached hydrogen (secondary N) is 2. The fraction of sp³-hybridized carbons (Fsp3) is 0.316. The molecule has 30 heavy (non-hydrogen) atoms. The summed E-state index contributed by atoms with van der Waals surface area (Å²) in [6.45, 7) is 5.70. The van der Waals surface area contributed by atoms with Gasteiger partial charge in [-0.2, -0.15) is 8.42 Å². The van der Waals surface area contributed by atoms with Gasteiger partial charge in [-0.3, -0.25) is 14.1 Å². The fourth-order valence-electron chi connectivity index (χ4n) is 2.88. The molecule has 0 spiro atoms. The molecule has 0 aliphatic rings. The van der Waals surface area contributed by atoms with Crippen molar-refractivity contribution < 1.29 is 17.8 Å². The van der Waals surface area contributed by atoms with E-state index in [0.717, 1.165) is 31.8 Å². The molecule has 3 rings (SSSR count). The van der Waals surface area contributed by atoms with Crippen LogP contribution >= 0.6 is 22.7 Å². The maximum absolute atomic E-state index is 12.7. The summed E-state index contributed by atoms with van der Waals surface area (Å²) < 4.78 is 32.7. The van der Waals surface area contributed by atoms with E-state index in [1.807, 2.05) is 30.9 Å². The van der Waals surface area contributed by atoms with E-state index in [-0.39, 0.29) is 24.1 Å². The zero-order valence-corrected chi connectivity index (χ0v) is 19.0. The van der Waals surface area contributed by atoms with Crippen molar-refractivity contribution in [3.63, 3.8) is 0 Å². The molecule has 1 aromatic carbocycles. The van der Waals surface area contributed by atoms with Gasteiger partial charge in [-0.15, -0.1) is 22.7 Å². The van der Waals surface area contributed by atoms with Crippen molar-refractivity contribution >= 4 is 44.6 Å². The molecule has 8 nitrogen and oxygen atoms in total. The first-order valence-corrected chi connectivity index (χ1v) is 12.1. The van der Waals surface area contributed by atoms with Crippen LogP contribution in [0.25, 0.3) is 0 Å². The molecule has 1 radical (unpaired) electrons. The highest BCUT2D eigenvalue weighted by Gasteiger charge is 2.20. The quantitative estimate of drug-likeness (QED) is 0.439. The Balaban J connectivity index is 1.74. The number of thiazole rings is 2. The number of carbonyl (C=O) groups is 1. The van der Waals surface area contributed by atoms with Gasteiger partial charge in [0.15, 0.2) is 0 Å². The maximum atomic E-state index is 12.7. The molecule has 1 unspecified atom stereocenters. The molecular weight excluding hydrogens is 444 g/mol. The predicted molar refractivity (Wildman–Crippen MR) is 117 cm³/mol. The Morgan fingerprint density at radius 3 is 2.57 bits per heavy atom. The Bertz CT molecular complexity index is 1140. The second-order valence-corrected chi connectivity index (χ2v) is 10.1. The molecule has 1 amide bonds. The number of aromatic nitrogens is 2. The zero-order chi connectivity index (χ0) is 21.9. The van der Waals surface area contributed by atoms with E-state index in [0.29, 0.717) is 6.42 Å². The fourth-order valence-corrected chi connectivity index (χ4v) is 5.09. The molecule has 0 fully saturated rings. The average Bonchev–Trinajstić information content (AvgIpc) is 3.20. The number of anilines is 1. The van der Waals surface area contributed by atoms with Crippen LogP contribution in [0.5, 0.6) is 0 Å². The molecule has 0 saturated carbocycles. The van der Waals surface area contributed by atoms with Crippen LogP contribution in [0.15, 0.2) is 23.6 Å². The number of hydrogen-bond acceptors (Lipinski definition) is 7. The van der Waals surface area contributed by atoms with Crippen LogP contribution < -0.4 is 10.0 Å². The summed E-state index contributed by atoms with van der Waals surface area (Å²) in [5.41, 5.74) is 2.70. The predicted octanol–water partition coefficient (Wildman–Crippen LogP) is 3.18. The third kappa shape index (κ3) is 6.33. The molecule has 159 valence electrons. The molecule has 3 aromatic rings. The lowest BCUT2D eigenvalue weighted by Gasteiger charge is -2.17. The Labute approximate surface area is 183 Å². The minimum atomic E-state index is -4.34. The lowest BCUT2D eigenvalue weighted by atomic mass is 10.1. The minimum absolute atomic E-state index is 0.121. The first-order chi connectivity index (χ1) is 14.1. The summed E-state index contributed by atoms with van der Waals surface area (Å²) in [6, 6.07) is 7.27. The highest BCUT2D eigenvalue weighted by molar-refractivity contribution is 7.87. The van der Waals surface area contributed by atoms with Crippen molar-refractivity contribution in [3.05, 3.63) is 61.5 Å². The van der Waals surface area contributed by atoms with Gasteiger partial charge in [0.1, 0.15) is 5.01 Å². The number of hydrogen-bond donors (Lipinski definition) is 3. The van der Waals surface area contributed by atoms with Gasteiger partial charge in [-0.25, -0.2) is 9.97 Å². The van der Waals surface area contributed by atoms with Crippen LogP contribution in [0, 0.1) is 26.8 Å². The van der Waals surface area contributed by atoms with Gasteiger partial charge >= 0.3 is 10.3 Å². The smallest absolute Gasteiger partial charge is 0.346 e. The summed E-state index contributed by atoms with van der Waals surface area (Å²) in [5.74, 6) is -0.121. The monoisotopic (exact) mass is 465 g/mol. The lowest BCUT2D eigenvalue weighted by molar-refractivity contribution is -0.121. The molecule has 0 saturated heterocycles. The molecule has 3 N–H and O–H groups in total. The van der Waals surface area contributed by atoms with Gasteiger partial charge in [0.2, 0.25) is 5.91 Å². The van der Waals surface area contributed by atoms with Crippen molar-refractivity contribution in [2.24, 2.45) is 0 Å². The average molecular weight is 466 g/mol. The van der Waals surface area contributed by atoms with Crippen LogP contribution in [0.3, 0.4) is 0 Å². The normalized spacial score (nSPS) is 12.5. The second-order valence-electron chi connectivity index (χ2n) is 6.75. The van der Waals surface area contributed by atoms with E-state index in [1.165, 1.54) is 34.8 Å². The van der Waals surface area contributed by atoms with E-state index >= 15 is 0 Å². The van der Waals surface area contributed by atoms with Crippen molar-refractivity contribution in [1.82, 2.24) is 15.3 Å². The molecule has 11 heteroatoms. The number of rotatable bonds is 8. The number of aryl methyl sites for hydroxylation is 3. The first kappa shape index (κ1) is 22.3. The van der Waals surface area contributed by atoms with Gasteiger partial charge in [-0.05, 0) is 51.0 Å². The Hall–Kier alpha value is -2.34. The SMILES string of the molecule is Cc1csc(C(Cc2[c]cc(NS(=O)(=O)O)cc2)NC(=O)Cc2sc(C)nc2C)n1. The Kier molecular flexibility index (Phi) is 6.86. The lowest BCUT2D eigenvalue weighted by Crippen LogP contribution is -2.31. The number of amides is 1. The summed E-state index contributed by atoms with van der Waals surface area (Å²) in [4.78, 5) is 22.5. The largest absolute Gasteiger partial charge is 0.357 e. The van der Waals surface area contributed by atoms with E-state index < -0.39 is 10.3 Å². The number of carbonyl (C=O) groups excluding carboxylic acids is 1. The first-order valence-electron chi connectivity index (χ1n) is 8.99. The van der Waals surface area contributed by atoms with E-state index in [2.05, 4.69) is 21.4 Å². The van der Waals surface area contributed by atoms with Crippen molar-refractivity contribution in [3.8, 4) is 0 Å². The highest BCUT2D eigenvalue weighted by Crippen LogP contribution is 2.24. The Morgan fingerprint density at radius 1 is 1.27 bits per heavy atom. The van der Waals surface area contributed by atoms with Crippen LogP contribution in [-0.4, -0.2) is 28.8 Å². The van der Waals surface area contributed by atoms with Gasteiger partial charge in [-0.1, -0.05) is 6.07 Å². The molecular formula is C19H21N4O4S3. The molecule has 2 heterocycles. The summed E-state index contributed by atoms with van der Waals surface area (Å²) in [5, 5.41) is 6.68. The van der Waals surface area contributed by atoms with Gasteiger partial charge < -0.3 is 5.32 Å². The van der Waals surface area contributed by atoms with Crippen molar-refractivity contribution in [2.45, 2.75) is 39.7 Å². The van der Waals surface area contributed by atoms with Crippen LogP contribution in [0.1, 0.15) is 37.9 Å². The van der Waals surface area contributed by atoms with Gasteiger partial charge in [0.05, 0.1) is 28.9 Å². The van der Waals surface area contributed by atoms with E-state index in [9.17, 15) is 13.2 Å². The standard InChI is InChI=1S/C19H21N4O4S3/c1-11-10-28-19(20-11)16(22-18(24)9-17-12(2)21-13(3)29-17)8-14-4-6-15(7-5-14)23-30(25,26)27/h4,6-7,10,16,23H,8-9H2,1-3H3,(H,22,24)(H,25,26,27). The second kappa shape index (κ2) is 9.21. The number of benzene rings is 1. The molecule has 0 aliphatic carbocycles. The summed E-state index contributed by atoms with van der Waals surface area (Å²) >= 11 is 2.98. The zero-order valence-electron chi connectivity index (χ0n) is 16.6. The van der Waals surface area contributed by atoms with E-state index in [4.69, 9.17) is 4.55 Å². The van der Waals surface area contributed by atoms with Crippen LogP contribution in [-0.2, 0) is 27.9 Å². The highest BCUT2D eigenvalue weighted by atomic mass is 32.2. The van der Waals surface area contributed by atoms with Crippen LogP contribution in [0.4, 0.5) is 5.69 Å². The van der Waals surface area contributed by atoms with Crippen molar-refractivity contribution in [1.29, 1.82) is 0 Å². The van der Waals surface area contributed by atoms with E-state index in [1.54, 1.807) is 6.07 Å². The summed E-state index contributed by atoms with van der Waals surface area (Å²) in [7, 11) is -4.34. The minimum Gasteiger partial charge on any atom is -0.346 e. The third-order valence-corrected chi connectivity index (χ3v) is 6.78. The molecule has 1 atom stereocenters. The van der Waals surface area contributed by atoms with Gasteiger partial charge in [0.25, 0.3) is 0 Å². The van der Waals surface area contributed by atoms with Crippen molar-refractivity contribution in [2.75, 3.05) is 4.72 Å².